The van der Waals surface area contributed by atoms with Crippen molar-refractivity contribution in [2.75, 3.05) is 19.6 Å². The Morgan fingerprint density at radius 1 is 1.24 bits per heavy atom. The van der Waals surface area contributed by atoms with Gasteiger partial charge in [0.05, 0.1) is 5.41 Å². The zero-order chi connectivity index (χ0) is 13.1. The molecule has 1 aliphatic rings. The molecule has 0 saturated carbocycles. The SMILES string of the molecule is CCC(CC)(CN)C(=O)N1CCC(C)(C)CC1. The third-order valence-corrected chi connectivity index (χ3v) is 4.60. The molecule has 0 radical (unpaired) electrons. The van der Waals surface area contributed by atoms with Gasteiger partial charge in [-0.05, 0) is 31.1 Å². The summed E-state index contributed by atoms with van der Waals surface area (Å²) in [5.74, 6) is 0.278. The third kappa shape index (κ3) is 3.01. The first-order valence-electron chi connectivity index (χ1n) is 6.90. The lowest BCUT2D eigenvalue weighted by Crippen LogP contribution is -2.51. The second-order valence-corrected chi connectivity index (χ2v) is 6.15. The molecule has 0 unspecified atom stereocenters. The highest BCUT2D eigenvalue weighted by Gasteiger charge is 2.38. The maximum atomic E-state index is 12.6. The predicted octanol–water partition coefficient (Wildman–Crippen LogP) is 2.40. The standard InChI is InChI=1S/C14H28N2O/c1-5-14(6-2,11-15)12(17)16-9-7-13(3,4)8-10-16/h5-11,15H2,1-4H3. The van der Waals surface area contributed by atoms with Crippen LogP contribution in [0, 0.1) is 10.8 Å². The normalized spacial score (nSPS) is 20.4. The van der Waals surface area contributed by atoms with E-state index in [0.29, 0.717) is 12.0 Å². The van der Waals surface area contributed by atoms with Gasteiger partial charge < -0.3 is 10.6 Å². The quantitative estimate of drug-likeness (QED) is 0.820. The van der Waals surface area contributed by atoms with Crippen molar-refractivity contribution >= 4 is 5.91 Å². The minimum Gasteiger partial charge on any atom is -0.342 e. The highest BCUT2D eigenvalue weighted by atomic mass is 16.2. The van der Waals surface area contributed by atoms with Crippen LogP contribution in [0.5, 0.6) is 0 Å². The predicted molar refractivity (Wildman–Crippen MR) is 71.7 cm³/mol. The van der Waals surface area contributed by atoms with E-state index in [-0.39, 0.29) is 11.3 Å². The van der Waals surface area contributed by atoms with Crippen molar-refractivity contribution in [2.24, 2.45) is 16.6 Å². The Kier molecular flexibility index (Phi) is 4.59. The van der Waals surface area contributed by atoms with Crippen LogP contribution >= 0.6 is 0 Å². The third-order valence-electron chi connectivity index (χ3n) is 4.60. The van der Waals surface area contributed by atoms with E-state index >= 15 is 0 Å². The van der Waals surface area contributed by atoms with Crippen LogP contribution in [-0.2, 0) is 4.79 Å². The molecule has 100 valence electrons. The van der Waals surface area contributed by atoms with E-state index in [4.69, 9.17) is 5.73 Å². The molecule has 1 amide bonds. The maximum Gasteiger partial charge on any atom is 0.230 e. The summed E-state index contributed by atoms with van der Waals surface area (Å²) in [5, 5.41) is 0. The van der Waals surface area contributed by atoms with Crippen LogP contribution < -0.4 is 5.73 Å². The van der Waals surface area contributed by atoms with Gasteiger partial charge >= 0.3 is 0 Å². The highest BCUT2D eigenvalue weighted by molar-refractivity contribution is 5.83. The lowest BCUT2D eigenvalue weighted by atomic mass is 9.78. The molecule has 1 aliphatic heterocycles. The molecule has 0 aliphatic carbocycles. The number of piperidine rings is 1. The summed E-state index contributed by atoms with van der Waals surface area (Å²) < 4.78 is 0. The molecule has 1 fully saturated rings. The van der Waals surface area contributed by atoms with E-state index in [1.807, 2.05) is 4.90 Å². The lowest BCUT2D eigenvalue weighted by Gasteiger charge is -2.41. The molecule has 3 heteroatoms. The molecule has 3 nitrogen and oxygen atoms in total. The number of nitrogens with zero attached hydrogens (tertiary/aromatic N) is 1. The molecular formula is C14H28N2O. The van der Waals surface area contributed by atoms with Gasteiger partial charge in [-0.2, -0.15) is 0 Å². The molecule has 0 aromatic carbocycles. The summed E-state index contributed by atoms with van der Waals surface area (Å²) in [4.78, 5) is 14.6. The number of hydrogen-bond acceptors (Lipinski definition) is 2. The molecule has 0 spiro atoms. The van der Waals surface area contributed by atoms with Crippen LogP contribution in [0.1, 0.15) is 53.4 Å². The van der Waals surface area contributed by atoms with Crippen molar-refractivity contribution in [2.45, 2.75) is 53.4 Å². The Bertz CT molecular complexity index is 251. The minimum absolute atomic E-state index is 0.278. The van der Waals surface area contributed by atoms with Gasteiger partial charge in [-0.1, -0.05) is 27.7 Å². The van der Waals surface area contributed by atoms with Gasteiger partial charge in [0.1, 0.15) is 0 Å². The van der Waals surface area contributed by atoms with Gasteiger partial charge in [0.25, 0.3) is 0 Å². The summed E-state index contributed by atoms with van der Waals surface area (Å²) in [6, 6.07) is 0. The van der Waals surface area contributed by atoms with Gasteiger partial charge in [-0.15, -0.1) is 0 Å². The highest BCUT2D eigenvalue weighted by Crippen LogP contribution is 2.34. The Balaban J connectivity index is 2.70. The summed E-state index contributed by atoms with van der Waals surface area (Å²) in [5.41, 5.74) is 5.91. The first kappa shape index (κ1) is 14.5. The Labute approximate surface area is 106 Å². The van der Waals surface area contributed by atoms with Gasteiger partial charge in [0, 0.05) is 19.6 Å². The summed E-state index contributed by atoms with van der Waals surface area (Å²) >= 11 is 0. The monoisotopic (exact) mass is 240 g/mol. The molecule has 1 rings (SSSR count). The fourth-order valence-electron chi connectivity index (χ4n) is 2.58. The summed E-state index contributed by atoms with van der Waals surface area (Å²) in [6.07, 6.45) is 3.90. The molecule has 17 heavy (non-hydrogen) atoms. The van der Waals surface area contributed by atoms with Crippen molar-refractivity contribution < 1.29 is 4.79 Å². The zero-order valence-corrected chi connectivity index (χ0v) is 11.9. The summed E-state index contributed by atoms with van der Waals surface area (Å²) in [7, 11) is 0. The molecule has 0 atom stereocenters. The first-order chi connectivity index (χ1) is 7.90. The maximum absolute atomic E-state index is 12.6. The molecule has 2 N–H and O–H groups in total. The Morgan fingerprint density at radius 2 is 1.71 bits per heavy atom. The van der Waals surface area contributed by atoms with Gasteiger partial charge in [0.2, 0.25) is 5.91 Å². The average molecular weight is 240 g/mol. The number of amides is 1. The topological polar surface area (TPSA) is 46.3 Å². The Morgan fingerprint density at radius 3 is 2.06 bits per heavy atom. The zero-order valence-electron chi connectivity index (χ0n) is 11.9. The van der Waals surface area contributed by atoms with Gasteiger partial charge in [-0.25, -0.2) is 0 Å². The smallest absolute Gasteiger partial charge is 0.230 e. The second-order valence-electron chi connectivity index (χ2n) is 6.15. The van der Waals surface area contributed by atoms with E-state index < -0.39 is 0 Å². The number of likely N-dealkylation sites (tertiary alicyclic amines) is 1. The number of carbonyl (C=O) groups is 1. The van der Waals surface area contributed by atoms with Crippen molar-refractivity contribution in [3.63, 3.8) is 0 Å². The van der Waals surface area contributed by atoms with Crippen LogP contribution in [-0.4, -0.2) is 30.4 Å². The molecule has 0 bridgehead atoms. The molecule has 1 heterocycles. The lowest BCUT2D eigenvalue weighted by molar-refractivity contribution is -0.144. The van der Waals surface area contributed by atoms with Crippen molar-refractivity contribution in [3.8, 4) is 0 Å². The Hall–Kier alpha value is -0.570. The first-order valence-corrected chi connectivity index (χ1v) is 6.90. The van der Waals surface area contributed by atoms with Crippen molar-refractivity contribution in [1.29, 1.82) is 0 Å². The van der Waals surface area contributed by atoms with E-state index in [2.05, 4.69) is 27.7 Å². The van der Waals surface area contributed by atoms with Gasteiger partial charge in [0.15, 0.2) is 0 Å². The van der Waals surface area contributed by atoms with Crippen LogP contribution in [0.2, 0.25) is 0 Å². The summed E-state index contributed by atoms with van der Waals surface area (Å²) in [6.45, 7) is 11.0. The van der Waals surface area contributed by atoms with Crippen LogP contribution in [0.15, 0.2) is 0 Å². The van der Waals surface area contributed by atoms with Crippen LogP contribution in [0.4, 0.5) is 0 Å². The molecule has 0 aromatic heterocycles. The molecule has 0 aromatic rings. The van der Waals surface area contributed by atoms with E-state index in [9.17, 15) is 4.79 Å². The van der Waals surface area contributed by atoms with Crippen LogP contribution in [0.3, 0.4) is 0 Å². The largest absolute Gasteiger partial charge is 0.342 e. The molecule has 1 saturated heterocycles. The fourth-order valence-corrected chi connectivity index (χ4v) is 2.58. The van der Waals surface area contributed by atoms with Crippen molar-refractivity contribution in [1.82, 2.24) is 4.90 Å². The van der Waals surface area contributed by atoms with Crippen LogP contribution in [0.25, 0.3) is 0 Å². The number of hydrogen-bond donors (Lipinski definition) is 1. The fraction of sp³-hybridized carbons (Fsp3) is 0.929. The minimum atomic E-state index is -0.318. The molecular weight excluding hydrogens is 212 g/mol. The van der Waals surface area contributed by atoms with E-state index in [0.717, 1.165) is 38.8 Å². The van der Waals surface area contributed by atoms with Gasteiger partial charge in [-0.3, -0.25) is 4.79 Å². The van der Waals surface area contributed by atoms with E-state index in [1.54, 1.807) is 0 Å². The number of rotatable bonds is 4. The van der Waals surface area contributed by atoms with E-state index in [1.165, 1.54) is 0 Å². The average Bonchev–Trinajstić information content (AvgIpc) is 2.32. The van der Waals surface area contributed by atoms with Crippen molar-refractivity contribution in [3.05, 3.63) is 0 Å². The number of carbonyl (C=O) groups excluding carboxylic acids is 1. The number of nitrogens with two attached hydrogens (primary N) is 1. The second kappa shape index (κ2) is 5.38.